The Bertz CT molecular complexity index is 558. The van der Waals surface area contributed by atoms with Crippen molar-refractivity contribution in [3.8, 4) is 17.2 Å². The largest absolute Gasteiger partial charge is 0.493 e. The van der Waals surface area contributed by atoms with Crippen LogP contribution in [0.1, 0.15) is 5.56 Å². The summed E-state index contributed by atoms with van der Waals surface area (Å²) in [6, 6.07) is 2.95. The van der Waals surface area contributed by atoms with Gasteiger partial charge < -0.3 is 24.4 Å². The number of carboxylic acids is 2. The Morgan fingerprint density at radius 2 is 1.95 bits per heavy atom. The number of carbonyl (C=O) groups is 2. The first-order chi connectivity index (χ1) is 9.02. The SMILES string of the molecule is COc1cc(C=C(C(=O)O)C(=O)O)cc2c1OCO2. The van der Waals surface area contributed by atoms with Gasteiger partial charge in [0.2, 0.25) is 12.5 Å². The first-order valence-electron chi connectivity index (χ1n) is 5.19. The van der Waals surface area contributed by atoms with Crippen molar-refractivity contribution in [3.63, 3.8) is 0 Å². The Balaban J connectivity index is 2.49. The van der Waals surface area contributed by atoms with E-state index >= 15 is 0 Å². The van der Waals surface area contributed by atoms with Gasteiger partial charge in [-0.1, -0.05) is 0 Å². The summed E-state index contributed by atoms with van der Waals surface area (Å²) in [5.41, 5.74) is -0.415. The van der Waals surface area contributed by atoms with Crippen LogP contribution in [0.15, 0.2) is 17.7 Å². The second kappa shape index (κ2) is 4.89. The third-order valence-corrected chi connectivity index (χ3v) is 2.45. The van der Waals surface area contributed by atoms with Crippen LogP contribution in [-0.4, -0.2) is 36.1 Å². The first-order valence-corrected chi connectivity index (χ1v) is 5.19. The van der Waals surface area contributed by atoms with Crippen molar-refractivity contribution < 1.29 is 34.0 Å². The van der Waals surface area contributed by atoms with E-state index < -0.39 is 17.5 Å². The molecule has 0 unspecified atom stereocenters. The minimum absolute atomic E-state index is 0.0313. The van der Waals surface area contributed by atoms with Crippen molar-refractivity contribution in [2.45, 2.75) is 0 Å². The predicted molar refractivity (Wildman–Crippen MR) is 62.4 cm³/mol. The number of fused-ring (bicyclic) bond motifs is 1. The molecule has 0 aromatic heterocycles. The minimum Gasteiger partial charge on any atom is -0.493 e. The van der Waals surface area contributed by atoms with Crippen molar-refractivity contribution in [2.75, 3.05) is 13.9 Å². The third kappa shape index (κ3) is 2.44. The van der Waals surface area contributed by atoms with E-state index in [2.05, 4.69) is 0 Å². The van der Waals surface area contributed by atoms with Crippen LogP contribution in [0.2, 0.25) is 0 Å². The van der Waals surface area contributed by atoms with Gasteiger partial charge in [-0.2, -0.15) is 0 Å². The number of rotatable bonds is 4. The predicted octanol–water partition coefficient (Wildman–Crippen LogP) is 0.976. The highest BCUT2D eigenvalue weighted by atomic mass is 16.7. The molecule has 7 heteroatoms. The van der Waals surface area contributed by atoms with Gasteiger partial charge in [0.05, 0.1) is 7.11 Å². The number of benzene rings is 1. The topological polar surface area (TPSA) is 102 Å². The van der Waals surface area contributed by atoms with Crippen LogP contribution in [0.4, 0.5) is 0 Å². The van der Waals surface area contributed by atoms with Crippen molar-refractivity contribution in [2.24, 2.45) is 0 Å². The van der Waals surface area contributed by atoms with Crippen molar-refractivity contribution >= 4 is 18.0 Å². The van der Waals surface area contributed by atoms with Gasteiger partial charge in [0.15, 0.2) is 11.5 Å². The van der Waals surface area contributed by atoms with E-state index in [4.69, 9.17) is 24.4 Å². The third-order valence-electron chi connectivity index (χ3n) is 2.45. The molecule has 1 heterocycles. The molecule has 1 aliphatic heterocycles. The standard InChI is InChI=1S/C12H10O7/c1-17-8-3-6(2-7(11(13)14)12(15)16)4-9-10(8)19-5-18-9/h2-4H,5H2,1H3,(H,13,14)(H,15,16). The molecule has 0 radical (unpaired) electrons. The molecule has 2 N–H and O–H groups in total. The number of ether oxygens (including phenoxy) is 3. The van der Waals surface area contributed by atoms with Crippen molar-refractivity contribution in [3.05, 3.63) is 23.3 Å². The van der Waals surface area contributed by atoms with Crippen molar-refractivity contribution in [1.82, 2.24) is 0 Å². The summed E-state index contributed by atoms with van der Waals surface area (Å²) < 4.78 is 15.4. The molecule has 2 rings (SSSR count). The lowest BCUT2D eigenvalue weighted by molar-refractivity contribution is -0.140. The van der Waals surface area contributed by atoms with Gasteiger partial charge in [0, 0.05) is 0 Å². The molecule has 7 nitrogen and oxygen atoms in total. The molecule has 0 bridgehead atoms. The molecule has 1 aliphatic rings. The van der Waals surface area contributed by atoms with Crippen LogP contribution < -0.4 is 14.2 Å². The summed E-state index contributed by atoms with van der Waals surface area (Å²) in [7, 11) is 1.42. The Morgan fingerprint density at radius 3 is 2.53 bits per heavy atom. The van der Waals surface area contributed by atoms with E-state index in [1.165, 1.54) is 19.2 Å². The summed E-state index contributed by atoms with van der Waals surface area (Å²) in [6.45, 7) is 0.0313. The average molecular weight is 266 g/mol. The molecule has 0 fully saturated rings. The zero-order valence-corrected chi connectivity index (χ0v) is 9.87. The Morgan fingerprint density at radius 1 is 1.26 bits per heavy atom. The molecule has 1 aromatic rings. The summed E-state index contributed by atoms with van der Waals surface area (Å²) in [4.78, 5) is 21.6. The Labute approximate surface area is 107 Å². The second-order valence-electron chi connectivity index (χ2n) is 3.63. The maximum Gasteiger partial charge on any atom is 0.343 e. The summed E-state index contributed by atoms with van der Waals surface area (Å²) in [5.74, 6) is -1.92. The van der Waals surface area contributed by atoms with Crippen molar-refractivity contribution in [1.29, 1.82) is 0 Å². The highest BCUT2D eigenvalue weighted by Crippen LogP contribution is 2.42. The lowest BCUT2D eigenvalue weighted by Gasteiger charge is -2.06. The van der Waals surface area contributed by atoms with E-state index in [0.29, 0.717) is 22.8 Å². The minimum atomic E-state index is -1.52. The van der Waals surface area contributed by atoms with Gasteiger partial charge in [0.1, 0.15) is 5.57 Å². The quantitative estimate of drug-likeness (QED) is 0.475. The van der Waals surface area contributed by atoms with Crippen LogP contribution in [-0.2, 0) is 9.59 Å². The van der Waals surface area contributed by atoms with Gasteiger partial charge >= 0.3 is 11.9 Å². The Hall–Kier alpha value is -2.70. The monoisotopic (exact) mass is 266 g/mol. The lowest BCUT2D eigenvalue weighted by Crippen LogP contribution is -2.10. The highest BCUT2D eigenvalue weighted by molar-refractivity contribution is 6.16. The van der Waals surface area contributed by atoms with Gasteiger partial charge in [-0.25, -0.2) is 9.59 Å². The maximum absolute atomic E-state index is 10.8. The summed E-state index contributed by atoms with van der Waals surface area (Å²) in [5, 5.41) is 17.6. The van der Waals surface area contributed by atoms with Gasteiger partial charge in [-0.3, -0.25) is 0 Å². The average Bonchev–Trinajstić information content (AvgIpc) is 2.82. The molecule has 0 spiro atoms. The van der Waals surface area contributed by atoms with Gasteiger partial charge in [-0.05, 0) is 23.8 Å². The normalized spacial score (nSPS) is 11.8. The van der Waals surface area contributed by atoms with Gasteiger partial charge in [0.25, 0.3) is 0 Å². The molecule has 0 atom stereocenters. The summed E-state index contributed by atoms with van der Waals surface area (Å²) >= 11 is 0. The first kappa shape index (κ1) is 12.7. The van der Waals surface area contributed by atoms with E-state index in [0.717, 1.165) is 6.08 Å². The molecular weight excluding hydrogens is 256 g/mol. The number of carboxylic acid groups (broad SMARTS) is 2. The van der Waals surface area contributed by atoms with Crippen LogP contribution in [0, 0.1) is 0 Å². The van der Waals surface area contributed by atoms with E-state index in [9.17, 15) is 9.59 Å². The fraction of sp³-hybridized carbons (Fsp3) is 0.167. The zero-order valence-electron chi connectivity index (χ0n) is 9.87. The molecule has 1 aromatic carbocycles. The molecule has 100 valence electrons. The second-order valence-corrected chi connectivity index (χ2v) is 3.63. The van der Waals surface area contributed by atoms with Crippen LogP contribution in [0.5, 0.6) is 17.2 Å². The molecule has 0 amide bonds. The maximum atomic E-state index is 10.8. The molecule has 0 saturated heterocycles. The van der Waals surface area contributed by atoms with Crippen LogP contribution in [0.25, 0.3) is 6.08 Å². The van der Waals surface area contributed by atoms with E-state index in [1.807, 2.05) is 0 Å². The van der Waals surface area contributed by atoms with E-state index in [-0.39, 0.29) is 6.79 Å². The van der Waals surface area contributed by atoms with Gasteiger partial charge in [-0.15, -0.1) is 0 Å². The number of hydrogen-bond acceptors (Lipinski definition) is 5. The summed E-state index contributed by atoms with van der Waals surface area (Å²) in [6.07, 6.45) is 1.02. The smallest absolute Gasteiger partial charge is 0.343 e. The highest BCUT2D eigenvalue weighted by Gasteiger charge is 2.21. The molecule has 0 saturated carbocycles. The molecule has 19 heavy (non-hydrogen) atoms. The Kier molecular flexibility index (Phi) is 3.28. The fourth-order valence-electron chi connectivity index (χ4n) is 1.61. The zero-order chi connectivity index (χ0) is 14.0. The number of aliphatic carboxylic acids is 2. The van der Waals surface area contributed by atoms with E-state index in [1.54, 1.807) is 0 Å². The lowest BCUT2D eigenvalue weighted by atomic mass is 10.1. The van der Waals surface area contributed by atoms with Crippen LogP contribution >= 0.6 is 0 Å². The number of hydrogen-bond donors (Lipinski definition) is 2. The molecular formula is C12H10O7. The fourth-order valence-corrected chi connectivity index (χ4v) is 1.61. The van der Waals surface area contributed by atoms with Crippen LogP contribution in [0.3, 0.4) is 0 Å². The number of methoxy groups -OCH3 is 1. The molecule has 0 aliphatic carbocycles.